The number of hydrogen-bond donors (Lipinski definition) is 1. The molecule has 0 aromatic carbocycles. The van der Waals surface area contributed by atoms with Gasteiger partial charge in [-0.3, -0.25) is 0 Å². The van der Waals surface area contributed by atoms with E-state index in [1.165, 1.54) is 0 Å². The van der Waals surface area contributed by atoms with E-state index in [0.717, 1.165) is 12.0 Å². The molecule has 0 spiro atoms. The maximum absolute atomic E-state index is 11.8. The van der Waals surface area contributed by atoms with Crippen LogP contribution >= 0.6 is 0 Å². The summed E-state index contributed by atoms with van der Waals surface area (Å²) in [6, 6.07) is 0. The molecule has 102 valence electrons. The van der Waals surface area contributed by atoms with E-state index in [9.17, 15) is 4.79 Å². The molecule has 0 aliphatic heterocycles. The van der Waals surface area contributed by atoms with Crippen molar-refractivity contribution >= 4 is 6.09 Å². The molecule has 0 fully saturated rings. The highest BCUT2D eigenvalue weighted by molar-refractivity contribution is 5.67. The van der Waals surface area contributed by atoms with Gasteiger partial charge in [-0.1, -0.05) is 18.2 Å². The maximum atomic E-state index is 11.8. The monoisotopic (exact) mass is 253 g/mol. The van der Waals surface area contributed by atoms with E-state index in [4.69, 9.17) is 9.84 Å². The largest absolute Gasteiger partial charge is 0.444 e. The predicted octanol–water partition coefficient (Wildman–Crippen LogP) is 2.35. The molecule has 4 nitrogen and oxygen atoms in total. The molecule has 0 saturated carbocycles. The van der Waals surface area contributed by atoms with Crippen molar-refractivity contribution in [3.8, 4) is 0 Å². The first-order valence-corrected chi connectivity index (χ1v) is 6.23. The fraction of sp³-hybridized carbons (Fsp3) is 0.643. The number of nitrogens with zero attached hydrogens (tertiary/aromatic N) is 1. The summed E-state index contributed by atoms with van der Waals surface area (Å²) >= 11 is 0. The summed E-state index contributed by atoms with van der Waals surface area (Å²) in [4.78, 5) is 13.4. The molecule has 0 saturated heterocycles. The molecule has 1 atom stereocenters. The summed E-state index contributed by atoms with van der Waals surface area (Å²) in [5.74, 6) is 0.245. The van der Waals surface area contributed by atoms with Crippen LogP contribution in [0.2, 0.25) is 0 Å². The van der Waals surface area contributed by atoms with Crippen LogP contribution in [0, 0.1) is 5.92 Å². The van der Waals surface area contributed by atoms with Gasteiger partial charge in [0.25, 0.3) is 0 Å². The van der Waals surface area contributed by atoms with Gasteiger partial charge >= 0.3 is 6.09 Å². The molecule has 0 radical (unpaired) electrons. The van der Waals surface area contributed by atoms with E-state index < -0.39 is 5.60 Å². The lowest BCUT2D eigenvalue weighted by atomic mass is 9.94. The van der Waals surface area contributed by atoms with Crippen molar-refractivity contribution in [1.29, 1.82) is 0 Å². The number of rotatable bonds is 3. The summed E-state index contributed by atoms with van der Waals surface area (Å²) in [5.41, 5.74) is 0.532. The number of hydrogen-bond acceptors (Lipinski definition) is 3. The van der Waals surface area contributed by atoms with Crippen molar-refractivity contribution in [2.45, 2.75) is 32.8 Å². The Hall–Kier alpha value is -1.29. The Balaban J connectivity index is 2.46. The molecule has 1 amide bonds. The molecule has 1 aliphatic carbocycles. The van der Waals surface area contributed by atoms with Gasteiger partial charge < -0.3 is 14.7 Å². The summed E-state index contributed by atoms with van der Waals surface area (Å²) < 4.78 is 5.29. The molecular formula is C14H23NO3. The smallest absolute Gasteiger partial charge is 0.410 e. The second-order valence-corrected chi connectivity index (χ2v) is 5.69. The molecular weight excluding hydrogens is 230 g/mol. The number of carbonyl (C=O) groups excluding carboxylic acids is 1. The summed E-state index contributed by atoms with van der Waals surface area (Å²) in [6.45, 7) is 6.24. The highest BCUT2D eigenvalue weighted by Gasteiger charge is 2.22. The van der Waals surface area contributed by atoms with Crippen LogP contribution < -0.4 is 0 Å². The van der Waals surface area contributed by atoms with Crippen molar-refractivity contribution in [2.75, 3.05) is 20.2 Å². The van der Waals surface area contributed by atoms with Crippen LogP contribution in [0.15, 0.2) is 23.8 Å². The number of aliphatic hydroxyl groups is 1. The van der Waals surface area contributed by atoms with E-state index in [2.05, 4.69) is 6.08 Å². The minimum Gasteiger partial charge on any atom is -0.444 e. The maximum Gasteiger partial charge on any atom is 0.410 e. The Labute approximate surface area is 109 Å². The van der Waals surface area contributed by atoms with Crippen LogP contribution in [-0.4, -0.2) is 41.9 Å². The van der Waals surface area contributed by atoms with Gasteiger partial charge in [0.2, 0.25) is 0 Å². The number of carbonyl (C=O) groups is 1. The van der Waals surface area contributed by atoms with Gasteiger partial charge in [0.1, 0.15) is 5.60 Å². The van der Waals surface area contributed by atoms with Crippen LogP contribution in [0.1, 0.15) is 27.2 Å². The third-order valence-electron chi connectivity index (χ3n) is 2.66. The minimum atomic E-state index is -0.468. The topological polar surface area (TPSA) is 49.8 Å². The summed E-state index contributed by atoms with van der Waals surface area (Å²) in [7, 11) is 1.73. The van der Waals surface area contributed by atoms with E-state index in [1.807, 2.05) is 32.9 Å². The Morgan fingerprint density at radius 3 is 2.78 bits per heavy atom. The third-order valence-corrected chi connectivity index (χ3v) is 2.66. The lowest BCUT2D eigenvalue weighted by Gasteiger charge is -2.27. The first kappa shape index (κ1) is 14.8. The van der Waals surface area contributed by atoms with E-state index in [0.29, 0.717) is 6.54 Å². The predicted molar refractivity (Wildman–Crippen MR) is 71.3 cm³/mol. The molecule has 1 aliphatic rings. The summed E-state index contributed by atoms with van der Waals surface area (Å²) in [5, 5.41) is 9.10. The fourth-order valence-electron chi connectivity index (χ4n) is 1.83. The Kier molecular flexibility index (Phi) is 4.96. The zero-order valence-corrected chi connectivity index (χ0v) is 11.6. The standard InChI is InChI=1S/C14H23NO3/c1-14(2,3)18-13(17)15(4)9-11-6-5-7-12(8-11)10-16/h5-7,11,16H,8-10H2,1-4H3. The van der Waals surface area contributed by atoms with Gasteiger partial charge in [-0.05, 0) is 38.7 Å². The van der Waals surface area contributed by atoms with Crippen molar-refractivity contribution < 1.29 is 14.6 Å². The van der Waals surface area contributed by atoms with Crippen LogP contribution in [0.3, 0.4) is 0 Å². The molecule has 0 aromatic heterocycles. The SMILES string of the molecule is CN(CC1C=CC=C(CO)C1)C(=O)OC(C)(C)C. The normalized spacial score (nSPS) is 19.4. The first-order valence-electron chi connectivity index (χ1n) is 6.23. The van der Waals surface area contributed by atoms with Crippen molar-refractivity contribution in [2.24, 2.45) is 5.92 Å². The highest BCUT2D eigenvalue weighted by Crippen LogP contribution is 2.19. The lowest BCUT2D eigenvalue weighted by Crippen LogP contribution is -2.37. The van der Waals surface area contributed by atoms with Crippen LogP contribution in [0.25, 0.3) is 0 Å². The fourth-order valence-corrected chi connectivity index (χ4v) is 1.83. The zero-order chi connectivity index (χ0) is 13.8. The van der Waals surface area contributed by atoms with Crippen molar-refractivity contribution in [3.05, 3.63) is 23.8 Å². The van der Waals surface area contributed by atoms with Crippen molar-refractivity contribution in [3.63, 3.8) is 0 Å². The van der Waals surface area contributed by atoms with Crippen LogP contribution in [0.5, 0.6) is 0 Å². The van der Waals surface area contributed by atoms with Gasteiger partial charge in [0, 0.05) is 13.6 Å². The minimum absolute atomic E-state index is 0.0803. The first-order chi connectivity index (χ1) is 8.31. The van der Waals surface area contributed by atoms with E-state index >= 15 is 0 Å². The van der Waals surface area contributed by atoms with E-state index in [1.54, 1.807) is 11.9 Å². The molecule has 18 heavy (non-hydrogen) atoms. The zero-order valence-electron chi connectivity index (χ0n) is 11.6. The molecule has 1 rings (SSSR count). The molecule has 1 N–H and O–H groups in total. The quantitative estimate of drug-likeness (QED) is 0.840. The molecule has 0 heterocycles. The second kappa shape index (κ2) is 6.05. The Morgan fingerprint density at radius 1 is 1.56 bits per heavy atom. The third kappa shape index (κ3) is 4.92. The van der Waals surface area contributed by atoms with E-state index in [-0.39, 0.29) is 18.6 Å². The molecule has 0 aromatic rings. The number of allylic oxidation sites excluding steroid dienone is 2. The Morgan fingerprint density at radius 2 is 2.22 bits per heavy atom. The highest BCUT2D eigenvalue weighted by atomic mass is 16.6. The van der Waals surface area contributed by atoms with Gasteiger partial charge in [-0.15, -0.1) is 0 Å². The van der Waals surface area contributed by atoms with Gasteiger partial charge in [-0.2, -0.15) is 0 Å². The van der Waals surface area contributed by atoms with Gasteiger partial charge in [-0.25, -0.2) is 4.79 Å². The van der Waals surface area contributed by atoms with Crippen LogP contribution in [0.4, 0.5) is 4.79 Å². The second-order valence-electron chi connectivity index (χ2n) is 5.69. The Bertz CT molecular complexity index is 353. The lowest BCUT2D eigenvalue weighted by molar-refractivity contribution is 0.0282. The molecule has 4 heteroatoms. The average Bonchev–Trinajstić information content (AvgIpc) is 2.27. The number of amides is 1. The van der Waals surface area contributed by atoms with Crippen LogP contribution in [-0.2, 0) is 4.74 Å². The number of ether oxygens (including phenoxy) is 1. The van der Waals surface area contributed by atoms with Gasteiger partial charge in [0.15, 0.2) is 0 Å². The average molecular weight is 253 g/mol. The molecule has 1 unspecified atom stereocenters. The van der Waals surface area contributed by atoms with Crippen molar-refractivity contribution in [1.82, 2.24) is 4.90 Å². The summed E-state index contributed by atoms with van der Waals surface area (Å²) in [6.07, 6.45) is 6.39. The van der Waals surface area contributed by atoms with Gasteiger partial charge in [0.05, 0.1) is 6.61 Å². The molecule has 0 bridgehead atoms. The number of aliphatic hydroxyl groups excluding tert-OH is 1.